The molecule has 4 rings (SSSR count). The molecular formula is C29H35N5O5S. The van der Waals surface area contributed by atoms with Crippen LogP contribution in [0.2, 0.25) is 0 Å². The first-order chi connectivity index (χ1) is 19.1. The molecule has 40 heavy (non-hydrogen) atoms. The molecule has 0 bridgehead atoms. The van der Waals surface area contributed by atoms with Crippen molar-refractivity contribution in [2.45, 2.75) is 69.5 Å². The maximum atomic E-state index is 13.8. The second kappa shape index (κ2) is 12.6. The molecule has 4 N–H and O–H groups in total. The lowest BCUT2D eigenvalue weighted by Gasteiger charge is -2.33. The summed E-state index contributed by atoms with van der Waals surface area (Å²) in [5.74, 6) is -1.59. The number of benzene rings is 2. The minimum absolute atomic E-state index is 0.114. The maximum absolute atomic E-state index is 13.8. The van der Waals surface area contributed by atoms with Gasteiger partial charge in [0.2, 0.25) is 11.8 Å². The molecule has 0 spiro atoms. The topological polar surface area (TPSA) is 140 Å². The van der Waals surface area contributed by atoms with E-state index >= 15 is 0 Å². The number of amides is 4. The van der Waals surface area contributed by atoms with Gasteiger partial charge in [-0.05, 0) is 43.9 Å². The number of nitrogens with one attached hydrogen (secondary N) is 3. The van der Waals surface area contributed by atoms with E-state index in [4.69, 9.17) is 0 Å². The molecule has 0 saturated carbocycles. The summed E-state index contributed by atoms with van der Waals surface area (Å²) in [5, 5.41) is 20.9. The fourth-order valence-corrected chi connectivity index (χ4v) is 5.98. The Balaban J connectivity index is 1.52. The van der Waals surface area contributed by atoms with Gasteiger partial charge in [-0.25, -0.2) is 5.43 Å². The van der Waals surface area contributed by atoms with E-state index in [1.54, 1.807) is 0 Å². The Labute approximate surface area is 238 Å². The van der Waals surface area contributed by atoms with Gasteiger partial charge in [0.25, 0.3) is 11.8 Å². The van der Waals surface area contributed by atoms with Crippen LogP contribution in [0, 0.1) is 6.92 Å². The highest BCUT2D eigenvalue weighted by Gasteiger charge is 2.49. The number of hydrogen-bond donors (Lipinski definition) is 4. The van der Waals surface area contributed by atoms with Crippen molar-refractivity contribution < 1.29 is 24.3 Å². The summed E-state index contributed by atoms with van der Waals surface area (Å²) in [6.45, 7) is 6.08. The summed E-state index contributed by atoms with van der Waals surface area (Å²) in [7, 11) is 0. The third kappa shape index (κ3) is 6.89. The molecule has 2 aliphatic heterocycles. The van der Waals surface area contributed by atoms with Gasteiger partial charge in [0.1, 0.15) is 11.8 Å². The highest BCUT2D eigenvalue weighted by atomic mass is 32.2. The first-order valence-corrected chi connectivity index (χ1v) is 14.2. The van der Waals surface area contributed by atoms with Crippen molar-refractivity contribution in [2.75, 3.05) is 5.88 Å². The highest BCUT2D eigenvalue weighted by Crippen LogP contribution is 2.40. The molecule has 212 valence electrons. The first kappa shape index (κ1) is 29.3. The molecule has 1 unspecified atom stereocenters. The summed E-state index contributed by atoms with van der Waals surface area (Å²) in [5.41, 5.74) is 5.24. The standard InChI is InChI=1S/C29H35N5O5S/c1-18-9-7-8-12-20(18)16-30-27(38)25-29(2,3)40-17-34(25)28(39)24(36)22(15-19-10-5-4-6-11-19)31-26(37)21-13-14-23(35)33-32-21/h4-12,22,24-25,36H,13-17H2,1-3H3,(H,30,38)(H,31,37)(H,33,35)/t22-,24-,25?/m0/s1. The lowest BCUT2D eigenvalue weighted by Crippen LogP contribution is -2.59. The number of aliphatic hydroxyl groups is 1. The van der Waals surface area contributed by atoms with Crippen molar-refractivity contribution >= 4 is 41.1 Å². The van der Waals surface area contributed by atoms with Gasteiger partial charge in [-0.1, -0.05) is 54.6 Å². The van der Waals surface area contributed by atoms with Crippen LogP contribution in [-0.2, 0) is 32.1 Å². The van der Waals surface area contributed by atoms with Crippen molar-refractivity contribution in [2.24, 2.45) is 5.10 Å². The Morgan fingerprint density at radius 1 is 1.12 bits per heavy atom. The zero-order valence-electron chi connectivity index (χ0n) is 22.8. The molecule has 3 atom stereocenters. The van der Waals surface area contributed by atoms with Gasteiger partial charge in [0.05, 0.1) is 11.9 Å². The molecule has 0 aliphatic carbocycles. The molecule has 2 aromatic rings. The second-order valence-electron chi connectivity index (χ2n) is 10.5. The molecule has 2 aliphatic rings. The number of carbonyl (C=O) groups is 4. The molecular weight excluding hydrogens is 530 g/mol. The number of nitrogens with zero attached hydrogens (tertiary/aromatic N) is 2. The molecule has 0 aromatic heterocycles. The van der Waals surface area contributed by atoms with Gasteiger partial charge < -0.3 is 20.6 Å². The van der Waals surface area contributed by atoms with Gasteiger partial charge >= 0.3 is 0 Å². The summed E-state index contributed by atoms with van der Waals surface area (Å²) < 4.78 is -0.599. The Bertz CT molecular complexity index is 1300. The van der Waals surface area contributed by atoms with E-state index in [0.717, 1.165) is 16.7 Å². The number of thioether (sulfide) groups is 1. The average Bonchev–Trinajstić information content (AvgIpc) is 3.27. The van der Waals surface area contributed by atoms with E-state index in [-0.39, 0.29) is 42.7 Å². The smallest absolute Gasteiger partial charge is 0.267 e. The molecule has 4 amide bonds. The van der Waals surface area contributed by atoms with Crippen molar-refractivity contribution in [3.63, 3.8) is 0 Å². The maximum Gasteiger partial charge on any atom is 0.267 e. The van der Waals surface area contributed by atoms with E-state index in [9.17, 15) is 24.3 Å². The zero-order valence-corrected chi connectivity index (χ0v) is 23.7. The number of carbonyl (C=O) groups excluding carboxylic acids is 4. The number of hydrogen-bond acceptors (Lipinski definition) is 7. The van der Waals surface area contributed by atoms with E-state index in [0.29, 0.717) is 6.54 Å². The van der Waals surface area contributed by atoms with E-state index in [2.05, 4.69) is 21.2 Å². The quantitative estimate of drug-likeness (QED) is 0.365. The van der Waals surface area contributed by atoms with Crippen LogP contribution in [0.5, 0.6) is 0 Å². The SMILES string of the molecule is Cc1ccccc1CNC(=O)C1N(C(=O)[C@@H](O)[C@H](Cc2ccccc2)NC(=O)C2=NNC(=O)CC2)CSC1(C)C. The van der Waals surface area contributed by atoms with Crippen molar-refractivity contribution in [1.29, 1.82) is 0 Å². The van der Waals surface area contributed by atoms with Crippen molar-refractivity contribution in [3.05, 3.63) is 71.3 Å². The van der Waals surface area contributed by atoms with Gasteiger partial charge in [-0.2, -0.15) is 5.10 Å². The molecule has 1 fully saturated rings. The second-order valence-corrected chi connectivity index (χ2v) is 12.1. The van der Waals surface area contributed by atoms with Crippen LogP contribution in [0.4, 0.5) is 0 Å². The van der Waals surface area contributed by atoms with Gasteiger partial charge in [0.15, 0.2) is 6.10 Å². The largest absolute Gasteiger partial charge is 0.381 e. The molecule has 11 heteroatoms. The summed E-state index contributed by atoms with van der Waals surface area (Å²) in [6.07, 6.45) is -1.17. The molecule has 0 radical (unpaired) electrons. The van der Waals surface area contributed by atoms with Crippen molar-refractivity contribution in [3.8, 4) is 0 Å². The minimum Gasteiger partial charge on any atom is -0.381 e. The third-order valence-electron chi connectivity index (χ3n) is 7.21. The average molecular weight is 566 g/mol. The first-order valence-electron chi connectivity index (χ1n) is 13.2. The van der Waals surface area contributed by atoms with Crippen molar-refractivity contribution in [1.82, 2.24) is 21.0 Å². The number of hydrazone groups is 1. The Morgan fingerprint density at radius 2 is 1.82 bits per heavy atom. The monoisotopic (exact) mass is 565 g/mol. The van der Waals surface area contributed by atoms with E-state index < -0.39 is 34.7 Å². The number of aliphatic hydroxyl groups excluding tert-OH is 1. The van der Waals surface area contributed by atoms with Gasteiger partial charge in [0, 0.05) is 24.1 Å². The summed E-state index contributed by atoms with van der Waals surface area (Å²) in [4.78, 5) is 53.0. The van der Waals surface area contributed by atoms with Gasteiger partial charge in [-0.15, -0.1) is 11.8 Å². The normalized spacial score (nSPS) is 19.7. The van der Waals surface area contributed by atoms with Crippen LogP contribution in [-0.4, -0.2) is 68.2 Å². The van der Waals surface area contributed by atoms with Crippen LogP contribution in [0.3, 0.4) is 0 Å². The fraction of sp³-hybridized carbons (Fsp3) is 0.414. The molecule has 1 saturated heterocycles. The van der Waals surface area contributed by atoms with E-state index in [1.165, 1.54) is 16.7 Å². The predicted octanol–water partition coefficient (Wildman–Crippen LogP) is 1.65. The molecule has 10 nitrogen and oxygen atoms in total. The van der Waals surface area contributed by atoms with Gasteiger partial charge in [-0.3, -0.25) is 19.2 Å². The van der Waals surface area contributed by atoms with Crippen LogP contribution >= 0.6 is 11.8 Å². The minimum atomic E-state index is -1.62. The predicted molar refractivity (Wildman–Crippen MR) is 153 cm³/mol. The third-order valence-corrected chi connectivity index (χ3v) is 8.58. The Kier molecular flexibility index (Phi) is 9.26. The van der Waals surface area contributed by atoms with Crippen LogP contribution < -0.4 is 16.1 Å². The highest BCUT2D eigenvalue weighted by molar-refractivity contribution is 8.00. The lowest BCUT2D eigenvalue weighted by molar-refractivity contribution is -0.147. The fourth-order valence-electron chi connectivity index (χ4n) is 4.84. The van der Waals surface area contributed by atoms with Crippen LogP contribution in [0.15, 0.2) is 59.7 Å². The Morgan fingerprint density at radius 3 is 2.50 bits per heavy atom. The summed E-state index contributed by atoms with van der Waals surface area (Å²) in [6, 6.07) is 15.1. The van der Waals surface area contributed by atoms with Crippen LogP contribution in [0.1, 0.15) is 43.4 Å². The number of aryl methyl sites for hydroxylation is 1. The zero-order chi connectivity index (χ0) is 28.9. The summed E-state index contributed by atoms with van der Waals surface area (Å²) >= 11 is 1.45. The lowest BCUT2D eigenvalue weighted by atomic mass is 9.96. The van der Waals surface area contributed by atoms with Crippen LogP contribution in [0.25, 0.3) is 0 Å². The van der Waals surface area contributed by atoms with E-state index in [1.807, 2.05) is 75.4 Å². The molecule has 2 aromatic carbocycles. The molecule has 2 heterocycles. The Hall–Kier alpha value is -3.70. The number of rotatable bonds is 9.